The van der Waals surface area contributed by atoms with Crippen molar-refractivity contribution >= 4 is 110 Å². The van der Waals surface area contributed by atoms with Crippen LogP contribution in [0.4, 0.5) is 11.4 Å². The largest absolute Gasteiger partial charge is 1.00 e. The monoisotopic (exact) mass is 1090 g/mol. The SMILES string of the molecule is CC1=CCC2=NC(c3ccc(N/N=c4/c(=O)cc/c(=N\Nc5ccc(C6(c7ccc8ncsc8c7)N=C7CC=C(C)C(S(=O)(=O)[O-])=C7S6)cc5)c4=O)cc3)(c3ccc4ncsc4c3)SC2=C1S(=O)(=O)[O-].[Na+].[Na+]. The first kappa shape index (κ1) is 52.4. The average Bonchev–Trinajstić information content (AvgIpc) is 4.16. The summed E-state index contributed by atoms with van der Waals surface area (Å²) in [4.78, 5) is 43.5. The summed E-state index contributed by atoms with van der Waals surface area (Å²) >= 11 is 5.31. The van der Waals surface area contributed by atoms with E-state index in [0.717, 1.165) is 31.6 Å². The van der Waals surface area contributed by atoms with Crippen molar-refractivity contribution in [2.24, 2.45) is 20.2 Å². The predicted molar refractivity (Wildman–Crippen MR) is 274 cm³/mol. The fraction of sp³-hybridized carbons (Fsp3) is 0.125. The van der Waals surface area contributed by atoms with Gasteiger partial charge < -0.3 is 9.11 Å². The molecule has 2 N–H and O–H groups in total. The third-order valence-corrected chi connectivity index (χ3v) is 19.0. The maximum atomic E-state index is 13.7. The first-order chi connectivity index (χ1) is 33.5. The van der Waals surface area contributed by atoms with Crippen molar-refractivity contribution in [2.45, 2.75) is 36.4 Å². The van der Waals surface area contributed by atoms with Crippen LogP contribution in [0.5, 0.6) is 0 Å². The van der Waals surface area contributed by atoms with Gasteiger partial charge in [0.2, 0.25) is 10.9 Å². The van der Waals surface area contributed by atoms with Gasteiger partial charge in [0.15, 0.2) is 15.1 Å². The molecule has 0 saturated heterocycles. The van der Waals surface area contributed by atoms with E-state index in [4.69, 9.17) is 9.98 Å². The van der Waals surface area contributed by atoms with Crippen molar-refractivity contribution in [3.05, 3.63) is 204 Å². The van der Waals surface area contributed by atoms with Crippen molar-refractivity contribution in [3.63, 3.8) is 0 Å². The molecule has 5 aromatic carbocycles. The van der Waals surface area contributed by atoms with Crippen LogP contribution in [0.25, 0.3) is 20.4 Å². The van der Waals surface area contributed by atoms with Gasteiger partial charge in [-0.2, -0.15) is 10.2 Å². The summed E-state index contributed by atoms with van der Waals surface area (Å²) in [6, 6.07) is 28.0. The van der Waals surface area contributed by atoms with Gasteiger partial charge in [-0.25, -0.2) is 26.8 Å². The van der Waals surface area contributed by atoms with Crippen molar-refractivity contribution in [3.8, 4) is 0 Å². The Morgan fingerprint density at radius 3 is 1.46 bits per heavy atom. The van der Waals surface area contributed by atoms with E-state index < -0.39 is 46.2 Å². The van der Waals surface area contributed by atoms with Gasteiger partial charge in [0.25, 0.3) is 0 Å². The fourth-order valence-corrected chi connectivity index (χ4v) is 15.6. The summed E-state index contributed by atoms with van der Waals surface area (Å²) in [7, 11) is -9.65. The summed E-state index contributed by atoms with van der Waals surface area (Å²) < 4.78 is 77.0. The van der Waals surface area contributed by atoms with Crippen LogP contribution < -0.4 is 91.5 Å². The zero-order chi connectivity index (χ0) is 48.7. The summed E-state index contributed by atoms with van der Waals surface area (Å²) in [5.74, 6) is 0. The number of aliphatic imine (C=N–C) groups is 2. The second-order valence-electron chi connectivity index (χ2n) is 16.4. The molecular weight excluding hydrogens is 1050 g/mol. The van der Waals surface area contributed by atoms with Crippen LogP contribution in [0.15, 0.2) is 181 Å². The van der Waals surface area contributed by atoms with Gasteiger partial charge in [0.1, 0.15) is 25.6 Å². The summed E-state index contributed by atoms with van der Waals surface area (Å²) in [6.45, 7) is 3.21. The molecule has 0 fully saturated rings. The molecule has 350 valence electrons. The number of rotatable bonds is 10. The predicted octanol–water partition coefficient (Wildman–Crippen LogP) is 1.36. The Labute approximate surface area is 471 Å². The quantitative estimate of drug-likeness (QED) is 0.112. The number of hydrogen-bond acceptors (Lipinski definition) is 20. The second kappa shape index (κ2) is 20.0. The van der Waals surface area contributed by atoms with Crippen LogP contribution >= 0.6 is 46.2 Å². The molecular formula is C48H32N8Na2O8S6. The van der Waals surface area contributed by atoms with Gasteiger partial charge in [-0.3, -0.25) is 30.4 Å². The normalized spacial score (nSPS) is 20.3. The van der Waals surface area contributed by atoms with Crippen LogP contribution in [0, 0.1) is 0 Å². The van der Waals surface area contributed by atoms with Gasteiger partial charge in [-0.1, -0.05) is 72.1 Å². The van der Waals surface area contributed by atoms with E-state index >= 15 is 0 Å². The summed E-state index contributed by atoms with van der Waals surface area (Å²) in [5, 5.41) is 8.00. The standard InChI is InChI=1S/C48H34N8O8S6.2Na/c1-25-3-15-36-43(45(25)69(59,60)61)67-47(51-36,29-9-17-33-39(21-29)65-23-49-33)27-5-11-31(12-6-27)53-55-35-19-20-38(57)41(42(35)58)56-54-32-13-7-28(8-14-32)48(30-10-18-34-40(22-30)66-24-50-34)52-37-16-4-26(2)46(44(37)68-48)70(62,63)64;;/h3-14,17-24,53-54H,15-16H2,1-2H3,(H,59,60,61)(H,62,63,64);;/q;2*+1/p-2/b55-35+,56-41-;;. The molecule has 0 spiro atoms. The Hall–Kier alpha value is -4.50. The Balaban J connectivity index is 0.00000320. The summed E-state index contributed by atoms with van der Waals surface area (Å²) in [5.41, 5.74) is 14.9. The number of fused-ring (bicyclic) bond motifs is 4. The number of thiazole rings is 2. The zero-order valence-electron chi connectivity index (χ0n) is 38.4. The number of thioether (sulfide) groups is 2. The van der Waals surface area contributed by atoms with Crippen LogP contribution in [-0.4, -0.2) is 47.3 Å². The molecule has 2 aromatic heterocycles. The third kappa shape index (κ3) is 9.37. The minimum absolute atomic E-state index is 0. The molecule has 2 atom stereocenters. The van der Waals surface area contributed by atoms with Crippen molar-refractivity contribution in [2.75, 3.05) is 10.9 Å². The van der Waals surface area contributed by atoms with E-state index in [-0.39, 0.29) is 74.3 Å². The average molecular weight is 1090 g/mol. The van der Waals surface area contributed by atoms with E-state index in [1.807, 2.05) is 36.4 Å². The number of aromatic nitrogens is 2. The van der Waals surface area contributed by atoms with E-state index in [9.17, 15) is 35.5 Å². The van der Waals surface area contributed by atoms with E-state index in [1.54, 1.807) is 85.6 Å². The number of allylic oxidation sites excluding steroid dienone is 6. The molecule has 72 heavy (non-hydrogen) atoms. The minimum Gasteiger partial charge on any atom is -0.744 e. The molecule has 0 saturated carbocycles. The molecule has 24 heteroatoms. The number of hydrogen-bond donors (Lipinski definition) is 2. The third-order valence-electron chi connectivity index (χ3n) is 12.1. The minimum atomic E-state index is -4.83. The molecule has 0 amide bonds. The number of benzene rings is 5. The molecule has 4 heterocycles. The van der Waals surface area contributed by atoms with Gasteiger partial charge in [0, 0.05) is 22.7 Å². The maximum Gasteiger partial charge on any atom is 1.00 e. The maximum absolute atomic E-state index is 13.7. The molecule has 7 aromatic rings. The van der Waals surface area contributed by atoms with Crippen molar-refractivity contribution in [1.29, 1.82) is 0 Å². The Kier molecular flexibility index (Phi) is 14.5. The molecule has 2 aliphatic carbocycles. The molecule has 0 radical (unpaired) electrons. The molecule has 11 rings (SSSR count). The smallest absolute Gasteiger partial charge is 0.744 e. The Morgan fingerprint density at radius 2 is 1.01 bits per heavy atom. The van der Waals surface area contributed by atoms with E-state index in [1.165, 1.54) is 58.3 Å². The van der Waals surface area contributed by atoms with Crippen LogP contribution in [0.1, 0.15) is 48.9 Å². The first-order valence-electron chi connectivity index (χ1n) is 21.1. The zero-order valence-corrected chi connectivity index (χ0v) is 47.3. The van der Waals surface area contributed by atoms with Crippen LogP contribution in [0.2, 0.25) is 0 Å². The Bertz CT molecular complexity index is 4110. The van der Waals surface area contributed by atoms with Crippen molar-refractivity contribution in [1.82, 2.24) is 9.97 Å². The van der Waals surface area contributed by atoms with Crippen molar-refractivity contribution < 1.29 is 85.1 Å². The molecule has 4 aliphatic rings. The van der Waals surface area contributed by atoms with E-state index in [0.29, 0.717) is 67.7 Å². The number of nitrogens with zero attached hydrogens (tertiary/aromatic N) is 6. The Morgan fingerprint density at radius 1 is 0.583 bits per heavy atom. The molecule has 16 nitrogen and oxygen atoms in total. The van der Waals surface area contributed by atoms with Gasteiger partial charge in [-0.05, 0) is 108 Å². The van der Waals surface area contributed by atoms with Gasteiger partial charge >= 0.3 is 59.1 Å². The second-order valence-corrected chi connectivity index (χ2v) is 23.3. The van der Waals surface area contributed by atoms with E-state index in [2.05, 4.69) is 31.0 Å². The van der Waals surface area contributed by atoms with Crippen LogP contribution in [0.3, 0.4) is 0 Å². The number of anilines is 2. The topological polar surface area (TPSA) is 248 Å². The summed E-state index contributed by atoms with van der Waals surface area (Å²) in [6.07, 6.45) is 4.09. The van der Waals surface area contributed by atoms with Crippen LogP contribution in [-0.2, 0) is 30.0 Å². The number of nitrogens with one attached hydrogen (secondary N) is 2. The molecule has 2 aliphatic heterocycles. The van der Waals surface area contributed by atoms with Gasteiger partial charge in [-0.15, -0.1) is 22.7 Å². The first-order valence-corrected chi connectivity index (χ1v) is 27.4. The molecule has 0 bridgehead atoms. The fourth-order valence-electron chi connectivity index (χ4n) is 8.72. The molecule has 2 unspecified atom stereocenters. The van der Waals surface area contributed by atoms with Gasteiger partial charge in [0.05, 0.1) is 64.1 Å².